The highest BCUT2D eigenvalue weighted by molar-refractivity contribution is 7.99. The first-order valence-electron chi connectivity index (χ1n) is 10.2. The zero-order valence-electron chi connectivity index (χ0n) is 16.2. The molecule has 6 heteroatoms. The van der Waals surface area contributed by atoms with Crippen molar-refractivity contribution in [2.24, 2.45) is 5.92 Å². The quantitative estimate of drug-likeness (QED) is 0.770. The minimum Gasteiger partial charge on any atom is -0.322 e. The second-order valence-electron chi connectivity index (χ2n) is 7.66. The lowest BCUT2D eigenvalue weighted by atomic mass is 9.88. The first kappa shape index (κ1) is 20.0. The monoisotopic (exact) mass is 412 g/mol. The maximum Gasteiger partial charge on any atom is 0.248 e. The summed E-state index contributed by atoms with van der Waals surface area (Å²) in [6.07, 6.45) is 5.03. The van der Waals surface area contributed by atoms with E-state index in [0.717, 1.165) is 37.7 Å². The average molecular weight is 413 g/mol. The fourth-order valence-corrected chi connectivity index (χ4v) is 5.63. The van der Waals surface area contributed by atoms with Crippen molar-refractivity contribution in [1.29, 1.82) is 0 Å². The molecule has 1 saturated heterocycles. The molecule has 2 atom stereocenters. The lowest BCUT2D eigenvalue weighted by molar-refractivity contribution is -0.142. The van der Waals surface area contributed by atoms with Crippen LogP contribution in [0, 0.1) is 11.7 Å². The van der Waals surface area contributed by atoms with E-state index in [1.807, 2.05) is 30.3 Å². The Labute approximate surface area is 174 Å². The van der Waals surface area contributed by atoms with Gasteiger partial charge in [-0.05, 0) is 30.5 Å². The van der Waals surface area contributed by atoms with Crippen molar-refractivity contribution in [3.05, 3.63) is 66.0 Å². The zero-order valence-corrected chi connectivity index (χ0v) is 17.0. The number of para-hydroxylation sites is 1. The van der Waals surface area contributed by atoms with Gasteiger partial charge in [0.05, 0.1) is 5.69 Å². The molecule has 2 unspecified atom stereocenters. The van der Waals surface area contributed by atoms with E-state index in [9.17, 15) is 14.0 Å². The van der Waals surface area contributed by atoms with E-state index in [1.165, 1.54) is 12.1 Å². The van der Waals surface area contributed by atoms with Crippen molar-refractivity contribution in [2.45, 2.75) is 43.5 Å². The van der Waals surface area contributed by atoms with Crippen LogP contribution in [0.2, 0.25) is 0 Å². The molecule has 1 aliphatic carbocycles. The molecule has 1 N–H and O–H groups in total. The number of benzene rings is 2. The first-order chi connectivity index (χ1) is 14.1. The van der Waals surface area contributed by atoms with Gasteiger partial charge in [-0.3, -0.25) is 9.59 Å². The second kappa shape index (κ2) is 8.99. The molecule has 0 aromatic heterocycles. The third-order valence-corrected chi connectivity index (χ3v) is 7.05. The van der Waals surface area contributed by atoms with Gasteiger partial charge in [-0.25, -0.2) is 4.39 Å². The van der Waals surface area contributed by atoms with Gasteiger partial charge < -0.3 is 10.2 Å². The number of nitrogens with one attached hydrogen (secondary N) is 1. The van der Waals surface area contributed by atoms with Crippen LogP contribution in [0.4, 0.5) is 10.1 Å². The molecule has 1 heterocycles. The lowest BCUT2D eigenvalue weighted by Crippen LogP contribution is -2.48. The van der Waals surface area contributed by atoms with Gasteiger partial charge in [0.1, 0.15) is 17.2 Å². The molecule has 1 saturated carbocycles. The zero-order chi connectivity index (χ0) is 20.2. The third-order valence-electron chi connectivity index (χ3n) is 5.73. The number of amides is 2. The molecule has 4 nitrogen and oxygen atoms in total. The predicted octanol–water partition coefficient (Wildman–Crippen LogP) is 4.99. The summed E-state index contributed by atoms with van der Waals surface area (Å²) in [4.78, 5) is 28.3. The molecule has 4 rings (SSSR count). The molecule has 0 spiro atoms. The fourth-order valence-electron chi connectivity index (χ4n) is 4.19. The fraction of sp³-hybridized carbons (Fsp3) is 0.391. The largest absolute Gasteiger partial charge is 0.322 e. The van der Waals surface area contributed by atoms with E-state index in [4.69, 9.17) is 0 Å². The number of carbonyl (C=O) groups is 2. The molecule has 2 aromatic carbocycles. The molecular formula is C23H25FN2O2S. The van der Waals surface area contributed by atoms with Crippen LogP contribution in [-0.2, 0) is 9.59 Å². The van der Waals surface area contributed by atoms with E-state index in [1.54, 1.807) is 28.8 Å². The molecule has 2 aliphatic rings. The number of thioether (sulfide) groups is 1. The maximum atomic E-state index is 14.0. The van der Waals surface area contributed by atoms with Gasteiger partial charge in [-0.2, -0.15) is 0 Å². The van der Waals surface area contributed by atoms with Gasteiger partial charge >= 0.3 is 0 Å². The Morgan fingerprint density at radius 2 is 1.66 bits per heavy atom. The molecule has 152 valence electrons. The van der Waals surface area contributed by atoms with Crippen LogP contribution in [0.5, 0.6) is 0 Å². The molecule has 2 fully saturated rings. The Balaban J connectivity index is 1.60. The molecule has 0 radical (unpaired) electrons. The Hall–Kier alpha value is -2.34. The lowest BCUT2D eigenvalue weighted by Gasteiger charge is -2.33. The molecular weight excluding hydrogens is 387 g/mol. The van der Waals surface area contributed by atoms with Crippen molar-refractivity contribution in [3.8, 4) is 0 Å². The number of hydrogen-bond donors (Lipinski definition) is 1. The third kappa shape index (κ3) is 4.32. The van der Waals surface area contributed by atoms with E-state index >= 15 is 0 Å². The SMILES string of the molecule is O=C(Nc1ccccc1F)C1CSC(c2ccccc2)N1C(=O)C1CCCCC1. The highest BCUT2D eigenvalue weighted by atomic mass is 32.2. The number of nitrogens with zero attached hydrogens (tertiary/aromatic N) is 1. The van der Waals surface area contributed by atoms with Crippen LogP contribution >= 0.6 is 11.8 Å². The molecule has 0 bridgehead atoms. The molecule has 2 aromatic rings. The van der Waals surface area contributed by atoms with Crippen LogP contribution in [0.1, 0.15) is 43.0 Å². The highest BCUT2D eigenvalue weighted by Crippen LogP contribution is 2.43. The van der Waals surface area contributed by atoms with Crippen LogP contribution in [0.15, 0.2) is 54.6 Å². The topological polar surface area (TPSA) is 49.4 Å². The van der Waals surface area contributed by atoms with E-state index in [-0.39, 0.29) is 28.8 Å². The van der Waals surface area contributed by atoms with Gasteiger partial charge in [0.15, 0.2) is 0 Å². The Morgan fingerprint density at radius 1 is 0.966 bits per heavy atom. The smallest absolute Gasteiger partial charge is 0.248 e. The maximum absolute atomic E-state index is 14.0. The molecule has 29 heavy (non-hydrogen) atoms. The van der Waals surface area contributed by atoms with E-state index < -0.39 is 11.9 Å². The highest BCUT2D eigenvalue weighted by Gasteiger charge is 2.44. The number of carbonyl (C=O) groups excluding carboxylic acids is 2. The second-order valence-corrected chi connectivity index (χ2v) is 8.77. The van der Waals surface area contributed by atoms with Gasteiger partial charge in [-0.15, -0.1) is 11.8 Å². The number of anilines is 1. The standard InChI is InChI=1S/C23H25FN2O2S/c24-18-13-7-8-14-19(18)25-21(27)20-15-29-23(17-11-5-2-6-12-17)26(20)22(28)16-9-3-1-4-10-16/h2,5-8,11-14,16,20,23H,1,3-4,9-10,15H2,(H,25,27). The minimum absolute atomic E-state index is 0.0302. The minimum atomic E-state index is -0.612. The summed E-state index contributed by atoms with van der Waals surface area (Å²) < 4.78 is 14.0. The summed E-state index contributed by atoms with van der Waals surface area (Å²) in [5.41, 5.74) is 1.17. The number of halogens is 1. The van der Waals surface area contributed by atoms with Gasteiger partial charge in [0.25, 0.3) is 0 Å². The summed E-state index contributed by atoms with van der Waals surface area (Å²) in [6.45, 7) is 0. The average Bonchev–Trinajstić information content (AvgIpc) is 3.21. The normalized spacial score (nSPS) is 22.4. The molecule has 1 aliphatic heterocycles. The van der Waals surface area contributed by atoms with E-state index in [2.05, 4.69) is 5.32 Å². The first-order valence-corrected chi connectivity index (χ1v) is 11.2. The van der Waals surface area contributed by atoms with Gasteiger partial charge in [0.2, 0.25) is 11.8 Å². The number of rotatable bonds is 4. The predicted molar refractivity (Wildman–Crippen MR) is 114 cm³/mol. The van der Waals surface area contributed by atoms with Crippen LogP contribution < -0.4 is 5.32 Å². The van der Waals surface area contributed by atoms with Crippen molar-refractivity contribution in [3.63, 3.8) is 0 Å². The van der Waals surface area contributed by atoms with E-state index in [0.29, 0.717) is 5.75 Å². The van der Waals surface area contributed by atoms with Crippen LogP contribution in [0.3, 0.4) is 0 Å². The number of hydrogen-bond acceptors (Lipinski definition) is 3. The molecule has 2 amide bonds. The summed E-state index contributed by atoms with van der Waals surface area (Å²) in [5, 5.41) is 2.50. The van der Waals surface area contributed by atoms with Crippen LogP contribution in [0.25, 0.3) is 0 Å². The Bertz CT molecular complexity index is 870. The Morgan fingerprint density at radius 3 is 2.38 bits per heavy atom. The van der Waals surface area contributed by atoms with Crippen LogP contribution in [-0.4, -0.2) is 28.5 Å². The van der Waals surface area contributed by atoms with Crippen molar-refractivity contribution < 1.29 is 14.0 Å². The summed E-state index contributed by atoms with van der Waals surface area (Å²) in [7, 11) is 0. The summed E-state index contributed by atoms with van der Waals surface area (Å²) >= 11 is 1.60. The van der Waals surface area contributed by atoms with Crippen molar-refractivity contribution in [1.82, 2.24) is 4.90 Å². The van der Waals surface area contributed by atoms with Gasteiger partial charge in [-0.1, -0.05) is 61.7 Å². The van der Waals surface area contributed by atoms with Gasteiger partial charge in [0, 0.05) is 11.7 Å². The Kier molecular flexibility index (Phi) is 6.19. The summed E-state index contributed by atoms with van der Waals surface area (Å²) in [5.74, 6) is -0.283. The van der Waals surface area contributed by atoms with Crippen molar-refractivity contribution >= 4 is 29.3 Å². The summed E-state index contributed by atoms with van der Waals surface area (Å²) in [6, 6.07) is 15.3. The van der Waals surface area contributed by atoms with Crippen molar-refractivity contribution in [2.75, 3.05) is 11.1 Å².